The molecular weight excluding hydrogens is 557 g/mol. The van der Waals surface area contributed by atoms with Crippen molar-refractivity contribution in [2.75, 3.05) is 0 Å². The van der Waals surface area contributed by atoms with Crippen molar-refractivity contribution < 1.29 is 19.4 Å². The van der Waals surface area contributed by atoms with E-state index < -0.39 is 36.2 Å². The SMILES string of the molecule is CCCC[C@H](C)/C=C(\C)C(=O)NC1=C[C@](O)(/C=[CH]/[Sn]([CH2]CCC)([CH2]CCC)[CH2]CCC)[C@H]2O[C@H]2C1=O. The maximum absolute atomic E-state index is 12.9. The van der Waals surface area contributed by atoms with Gasteiger partial charge < -0.3 is 0 Å². The molecule has 204 valence electrons. The number of unbranched alkanes of at least 4 members (excludes halogenated alkanes) is 4. The van der Waals surface area contributed by atoms with Gasteiger partial charge in [0.2, 0.25) is 0 Å². The summed E-state index contributed by atoms with van der Waals surface area (Å²) < 4.78 is 12.0. The average Bonchev–Trinajstić information content (AvgIpc) is 3.67. The van der Waals surface area contributed by atoms with Crippen molar-refractivity contribution in [1.29, 1.82) is 0 Å². The van der Waals surface area contributed by atoms with Gasteiger partial charge in [-0.1, -0.05) is 13.3 Å². The molecule has 1 amide bonds. The van der Waals surface area contributed by atoms with Crippen molar-refractivity contribution in [2.45, 2.75) is 130 Å². The molecule has 36 heavy (non-hydrogen) atoms. The molecule has 5 nitrogen and oxygen atoms in total. The number of Topliss-reactive ketones (excluding diaryl/α,β-unsaturated/α-hetero) is 1. The molecule has 2 N–H and O–H groups in total. The Kier molecular flexibility index (Phi) is 12.9. The molecule has 0 unspecified atom stereocenters. The van der Waals surface area contributed by atoms with Gasteiger partial charge in [-0.15, -0.1) is 0 Å². The van der Waals surface area contributed by atoms with Crippen LogP contribution in [0.15, 0.2) is 33.6 Å². The Bertz CT molecular complexity index is 811. The Labute approximate surface area is 224 Å². The van der Waals surface area contributed by atoms with Gasteiger partial charge >= 0.3 is 211 Å². The van der Waals surface area contributed by atoms with Gasteiger partial charge in [0, 0.05) is 0 Å². The van der Waals surface area contributed by atoms with Crippen molar-refractivity contribution in [3.05, 3.63) is 33.6 Å². The molecule has 0 aromatic rings. The number of nitrogens with one attached hydrogen (secondary N) is 1. The summed E-state index contributed by atoms with van der Waals surface area (Å²) >= 11 is -2.63. The number of amides is 1. The van der Waals surface area contributed by atoms with Gasteiger partial charge in [-0.2, -0.15) is 0 Å². The molecule has 0 radical (unpaired) electrons. The zero-order valence-corrected chi connectivity index (χ0v) is 26.6. The fraction of sp³-hybridized carbons (Fsp3) is 0.733. The number of hydrogen-bond acceptors (Lipinski definition) is 4. The van der Waals surface area contributed by atoms with Crippen LogP contribution in [-0.2, 0) is 14.3 Å². The zero-order valence-electron chi connectivity index (χ0n) is 23.7. The molecule has 0 aromatic heterocycles. The Morgan fingerprint density at radius 2 is 1.64 bits per heavy atom. The molecule has 6 heteroatoms. The van der Waals surface area contributed by atoms with Crippen LogP contribution in [0.5, 0.6) is 0 Å². The summed E-state index contributed by atoms with van der Waals surface area (Å²) in [4.78, 5) is 25.7. The second kappa shape index (κ2) is 14.9. The third-order valence-corrected chi connectivity index (χ3v) is 21.8. The molecule has 4 atom stereocenters. The van der Waals surface area contributed by atoms with Gasteiger partial charge in [0.05, 0.1) is 0 Å². The van der Waals surface area contributed by atoms with E-state index in [1.165, 1.54) is 51.8 Å². The summed E-state index contributed by atoms with van der Waals surface area (Å²) in [6.07, 6.45) is 14.8. The number of hydrogen-bond donors (Lipinski definition) is 2. The van der Waals surface area contributed by atoms with E-state index in [2.05, 4.69) is 44.0 Å². The molecule has 2 aliphatic rings. The van der Waals surface area contributed by atoms with E-state index in [1.807, 2.05) is 12.2 Å². The van der Waals surface area contributed by atoms with E-state index in [9.17, 15) is 14.7 Å². The fourth-order valence-corrected chi connectivity index (χ4v) is 19.7. The molecule has 2 rings (SSSR count). The Morgan fingerprint density at radius 1 is 1.08 bits per heavy atom. The number of fused-ring (bicyclic) bond motifs is 1. The summed E-state index contributed by atoms with van der Waals surface area (Å²) in [7, 11) is 0. The van der Waals surface area contributed by atoms with Gasteiger partial charge in [0.1, 0.15) is 0 Å². The van der Waals surface area contributed by atoms with E-state index >= 15 is 0 Å². The third-order valence-electron chi connectivity index (χ3n) is 7.79. The van der Waals surface area contributed by atoms with Crippen molar-refractivity contribution in [1.82, 2.24) is 5.32 Å². The minimum absolute atomic E-state index is 0.163. The molecule has 0 bridgehead atoms. The first kappa shape index (κ1) is 31.3. The van der Waals surface area contributed by atoms with E-state index in [-0.39, 0.29) is 17.4 Å². The summed E-state index contributed by atoms with van der Waals surface area (Å²) in [6.45, 7) is 12.8. The topological polar surface area (TPSA) is 78.9 Å². The number of epoxide rings is 1. The van der Waals surface area contributed by atoms with E-state index in [4.69, 9.17) is 4.74 Å². The van der Waals surface area contributed by atoms with Crippen LogP contribution in [0.25, 0.3) is 0 Å². The van der Waals surface area contributed by atoms with Crippen molar-refractivity contribution in [3.8, 4) is 0 Å². The average molecular weight is 608 g/mol. The predicted octanol–water partition coefficient (Wildman–Crippen LogP) is 6.78. The van der Waals surface area contributed by atoms with Crippen LogP contribution in [-0.4, -0.2) is 53.0 Å². The number of allylic oxidation sites excluding steroid dienone is 1. The van der Waals surface area contributed by atoms with E-state index in [0.29, 0.717) is 11.5 Å². The number of ketones is 1. The summed E-state index contributed by atoms with van der Waals surface area (Å²) in [5, 5.41) is 14.4. The van der Waals surface area contributed by atoms with Crippen LogP contribution in [0.2, 0.25) is 13.3 Å². The van der Waals surface area contributed by atoms with Gasteiger partial charge in [-0.3, -0.25) is 0 Å². The van der Waals surface area contributed by atoms with Gasteiger partial charge in [-0.25, -0.2) is 0 Å². The summed E-state index contributed by atoms with van der Waals surface area (Å²) in [6, 6.07) is 0. The molecular formula is C30H51NO4Sn. The Morgan fingerprint density at radius 3 is 2.17 bits per heavy atom. The summed E-state index contributed by atoms with van der Waals surface area (Å²) in [5.41, 5.74) is -0.587. The molecule has 1 fully saturated rings. The van der Waals surface area contributed by atoms with Crippen LogP contribution in [0, 0.1) is 5.92 Å². The first-order chi connectivity index (χ1) is 17.1. The molecule has 1 aliphatic carbocycles. The fourth-order valence-electron chi connectivity index (χ4n) is 5.30. The molecule has 0 aromatic carbocycles. The van der Waals surface area contributed by atoms with Crippen LogP contribution in [0.3, 0.4) is 0 Å². The van der Waals surface area contributed by atoms with E-state index in [0.717, 1.165) is 19.3 Å². The second-order valence-electron chi connectivity index (χ2n) is 11.2. The Hall–Kier alpha value is -0.921. The van der Waals surface area contributed by atoms with Gasteiger partial charge in [0.15, 0.2) is 0 Å². The van der Waals surface area contributed by atoms with Crippen molar-refractivity contribution >= 4 is 30.1 Å². The number of aliphatic hydroxyl groups is 1. The van der Waals surface area contributed by atoms with E-state index in [1.54, 1.807) is 13.0 Å². The normalized spacial score (nSPS) is 25.0. The zero-order chi connectivity index (χ0) is 26.8. The van der Waals surface area contributed by atoms with Gasteiger partial charge in [0.25, 0.3) is 0 Å². The Balaban J connectivity index is 2.27. The minimum atomic E-state index is -2.63. The quantitative estimate of drug-likeness (QED) is 0.108. The standard InChI is InChI=1S/C18H24NO4.3C4H9.Sn/c1-5-7-8-11(3)9-12(4)17(21)19-13-10-18(22,6-2)16-15(23-16)14(13)20;3*1-3-4-2;/h2,6,9-11,15-16,22H,5,7-8H2,1,3-4H3,(H,19,21);3*1,3-4H2,2H3;/b6-2?,12-9+;;;;/t11-,15-,16-,18+;;;;/m0..../s1. The first-order valence-electron chi connectivity index (χ1n) is 14.5. The van der Waals surface area contributed by atoms with Crippen molar-refractivity contribution in [3.63, 3.8) is 0 Å². The number of ether oxygens (including phenoxy) is 1. The molecule has 1 aliphatic heterocycles. The summed E-state index contributed by atoms with van der Waals surface area (Å²) in [5.74, 6) is -0.223. The van der Waals surface area contributed by atoms with Crippen LogP contribution in [0.1, 0.15) is 99.3 Å². The maximum atomic E-state index is 12.9. The van der Waals surface area contributed by atoms with Gasteiger partial charge in [-0.05, 0) is 0 Å². The molecule has 0 saturated carbocycles. The predicted molar refractivity (Wildman–Crippen MR) is 151 cm³/mol. The molecule has 1 saturated heterocycles. The first-order valence-corrected chi connectivity index (χ1v) is 22.2. The number of carbonyl (C=O) groups excluding carboxylic acids is 2. The number of carbonyl (C=O) groups is 2. The molecule has 0 spiro atoms. The van der Waals surface area contributed by atoms with Crippen LogP contribution in [0.4, 0.5) is 0 Å². The van der Waals surface area contributed by atoms with Crippen LogP contribution < -0.4 is 5.32 Å². The van der Waals surface area contributed by atoms with Crippen LogP contribution >= 0.6 is 0 Å². The second-order valence-corrected chi connectivity index (χ2v) is 24.2. The third kappa shape index (κ3) is 8.83. The van der Waals surface area contributed by atoms with Crippen molar-refractivity contribution in [2.24, 2.45) is 5.92 Å². The number of rotatable bonds is 17. The molecule has 1 heterocycles. The monoisotopic (exact) mass is 609 g/mol.